The molecule has 1 N–H and O–H groups in total. The molecule has 1 fully saturated rings. The number of hydrogen-bond acceptors (Lipinski definition) is 1. The van der Waals surface area contributed by atoms with Gasteiger partial charge in [-0.3, -0.25) is 0 Å². The topological polar surface area (TPSA) is 12.0 Å². The van der Waals surface area contributed by atoms with Crippen LogP contribution in [0, 0.1) is 5.92 Å². The molecule has 2 aliphatic rings. The highest BCUT2D eigenvalue weighted by Gasteiger charge is 2.22. The predicted molar refractivity (Wildman–Crippen MR) is 126 cm³/mol. The Kier molecular flexibility index (Phi) is 7.65. The van der Waals surface area contributed by atoms with E-state index in [1.54, 1.807) is 0 Å². The molecule has 1 aliphatic heterocycles. The van der Waals surface area contributed by atoms with Gasteiger partial charge in [-0.25, -0.2) is 0 Å². The van der Waals surface area contributed by atoms with Gasteiger partial charge in [0.15, 0.2) is 7.28 Å². The number of fused-ring (bicyclic) bond motifs is 1. The molecule has 1 unspecified atom stereocenters. The van der Waals surface area contributed by atoms with Crippen LogP contribution >= 0.6 is 0 Å². The Morgan fingerprint density at radius 3 is 2.68 bits per heavy atom. The first kappa shape index (κ1) is 21.0. The Balaban J connectivity index is 1.51. The quantitative estimate of drug-likeness (QED) is 0.372. The largest absolute Gasteiger partial charge is 0.393 e. The molecule has 0 aromatic heterocycles. The summed E-state index contributed by atoms with van der Waals surface area (Å²) in [5, 5.41) is 3.61. The molecule has 0 radical (unpaired) electrons. The maximum Gasteiger partial charge on any atom is 0.153 e. The standard InChI is InChI=1S/C26H38BN/c1-5-21(4)28-26-17-23-14-9-15-24(25(23)18-27-26)20(3)11-8-10-19(2)16-22-12-6-7-13-22/h9,14-15,22,26-28H,2-8,10-13,16-18H2,1H3. The molecule has 0 saturated heterocycles. The van der Waals surface area contributed by atoms with Crippen LogP contribution in [0.1, 0.15) is 81.4 Å². The summed E-state index contributed by atoms with van der Waals surface area (Å²) in [5.74, 6) is 1.45. The summed E-state index contributed by atoms with van der Waals surface area (Å²) in [5.41, 5.74) is 8.38. The molecular formula is C26H38BN. The summed E-state index contributed by atoms with van der Waals surface area (Å²) < 4.78 is 0. The molecular weight excluding hydrogens is 337 g/mol. The van der Waals surface area contributed by atoms with Crippen LogP contribution in [0.15, 0.2) is 49.2 Å². The Bertz CT molecular complexity index is 711. The summed E-state index contributed by atoms with van der Waals surface area (Å²) >= 11 is 0. The zero-order chi connectivity index (χ0) is 19.9. The third kappa shape index (κ3) is 5.66. The Morgan fingerprint density at radius 2 is 1.93 bits per heavy atom. The van der Waals surface area contributed by atoms with Gasteiger partial charge in [0.05, 0.1) is 0 Å². The van der Waals surface area contributed by atoms with E-state index < -0.39 is 0 Å². The Morgan fingerprint density at radius 1 is 1.14 bits per heavy atom. The first-order chi connectivity index (χ1) is 13.6. The van der Waals surface area contributed by atoms with Crippen molar-refractivity contribution in [2.45, 2.75) is 83.4 Å². The lowest BCUT2D eigenvalue weighted by atomic mass is 9.57. The van der Waals surface area contributed by atoms with Crippen molar-refractivity contribution in [2.75, 3.05) is 0 Å². The van der Waals surface area contributed by atoms with Crippen molar-refractivity contribution in [3.05, 3.63) is 65.9 Å². The molecule has 0 bridgehead atoms. The minimum Gasteiger partial charge on any atom is -0.393 e. The zero-order valence-electron chi connectivity index (χ0n) is 18.0. The number of rotatable bonds is 10. The summed E-state index contributed by atoms with van der Waals surface area (Å²) in [6, 6.07) is 6.81. The van der Waals surface area contributed by atoms with Gasteiger partial charge in [-0.1, -0.05) is 76.1 Å². The first-order valence-electron chi connectivity index (χ1n) is 11.5. The zero-order valence-corrected chi connectivity index (χ0v) is 18.0. The van der Waals surface area contributed by atoms with E-state index in [0.717, 1.165) is 43.6 Å². The molecule has 1 aliphatic carbocycles. The van der Waals surface area contributed by atoms with Gasteiger partial charge in [0.2, 0.25) is 0 Å². The van der Waals surface area contributed by atoms with Crippen LogP contribution in [-0.2, 0) is 12.7 Å². The Hall–Kier alpha value is -1.70. The van der Waals surface area contributed by atoms with Crippen LogP contribution in [-0.4, -0.2) is 13.2 Å². The van der Waals surface area contributed by atoms with Crippen LogP contribution in [0.5, 0.6) is 0 Å². The van der Waals surface area contributed by atoms with Gasteiger partial charge >= 0.3 is 0 Å². The maximum atomic E-state index is 4.45. The summed E-state index contributed by atoms with van der Waals surface area (Å²) in [6.45, 7) is 15.1. The Labute approximate surface area is 173 Å². The van der Waals surface area contributed by atoms with Crippen molar-refractivity contribution in [3.8, 4) is 0 Å². The first-order valence-corrected chi connectivity index (χ1v) is 11.5. The SMILES string of the molecule is C=C(CCCC(=C)c1cccc2c1CBC(NC(=C)CC)C2)CC1CCCC1. The van der Waals surface area contributed by atoms with E-state index in [0.29, 0.717) is 5.94 Å². The van der Waals surface area contributed by atoms with E-state index in [1.165, 1.54) is 73.6 Å². The van der Waals surface area contributed by atoms with Crippen LogP contribution in [0.3, 0.4) is 0 Å². The fourth-order valence-electron chi connectivity index (χ4n) is 5.06. The van der Waals surface area contributed by atoms with Gasteiger partial charge in [-0.2, -0.15) is 0 Å². The molecule has 28 heavy (non-hydrogen) atoms. The number of hydrogen-bond donors (Lipinski definition) is 1. The van der Waals surface area contributed by atoms with Crippen molar-refractivity contribution in [1.29, 1.82) is 0 Å². The van der Waals surface area contributed by atoms with Gasteiger partial charge in [-0.05, 0) is 73.0 Å². The maximum absolute atomic E-state index is 4.45. The highest BCUT2D eigenvalue weighted by atomic mass is 14.9. The molecule has 1 saturated carbocycles. The van der Waals surface area contributed by atoms with Gasteiger partial charge < -0.3 is 5.32 Å². The minimum atomic E-state index is 0.530. The summed E-state index contributed by atoms with van der Waals surface area (Å²) in [7, 11) is 1.19. The highest BCUT2D eigenvalue weighted by molar-refractivity contribution is 6.38. The molecule has 3 rings (SSSR count). The number of benzene rings is 1. The molecule has 0 amide bonds. The van der Waals surface area contributed by atoms with E-state index in [1.807, 2.05) is 0 Å². The molecule has 1 nitrogen and oxygen atoms in total. The predicted octanol–water partition coefficient (Wildman–Crippen LogP) is 6.34. The molecule has 150 valence electrons. The van der Waals surface area contributed by atoms with Crippen molar-refractivity contribution < 1.29 is 0 Å². The lowest BCUT2D eigenvalue weighted by Crippen LogP contribution is -2.40. The van der Waals surface area contributed by atoms with E-state index in [9.17, 15) is 0 Å². The van der Waals surface area contributed by atoms with Crippen LogP contribution in [0.2, 0.25) is 0 Å². The van der Waals surface area contributed by atoms with Gasteiger partial charge in [0, 0.05) is 11.6 Å². The molecule has 1 atom stereocenters. The van der Waals surface area contributed by atoms with Crippen LogP contribution in [0.25, 0.3) is 5.57 Å². The summed E-state index contributed by atoms with van der Waals surface area (Å²) in [6.07, 6.45) is 13.6. The average molecular weight is 375 g/mol. The molecule has 0 spiro atoms. The van der Waals surface area contributed by atoms with E-state index in [2.05, 4.69) is 50.2 Å². The fraction of sp³-hybridized carbons (Fsp3) is 0.538. The van der Waals surface area contributed by atoms with E-state index in [-0.39, 0.29) is 0 Å². The number of nitrogens with one attached hydrogen (secondary N) is 1. The molecule has 1 aromatic rings. The van der Waals surface area contributed by atoms with Crippen LogP contribution in [0.4, 0.5) is 0 Å². The lowest BCUT2D eigenvalue weighted by molar-refractivity contribution is 0.532. The second-order valence-electron chi connectivity index (χ2n) is 9.05. The molecule has 1 heterocycles. The van der Waals surface area contributed by atoms with E-state index >= 15 is 0 Å². The number of allylic oxidation sites excluding steroid dienone is 3. The van der Waals surface area contributed by atoms with Crippen LogP contribution < -0.4 is 5.32 Å². The van der Waals surface area contributed by atoms with Crippen molar-refractivity contribution in [2.24, 2.45) is 5.92 Å². The third-order valence-corrected chi connectivity index (χ3v) is 6.76. The normalized spacial score (nSPS) is 19.0. The van der Waals surface area contributed by atoms with Crippen molar-refractivity contribution in [3.63, 3.8) is 0 Å². The highest BCUT2D eigenvalue weighted by Crippen LogP contribution is 2.32. The second-order valence-corrected chi connectivity index (χ2v) is 9.05. The third-order valence-electron chi connectivity index (χ3n) is 6.76. The van der Waals surface area contributed by atoms with Gasteiger partial charge in [-0.15, -0.1) is 0 Å². The van der Waals surface area contributed by atoms with Gasteiger partial charge in [0.1, 0.15) is 0 Å². The molecule has 1 aromatic carbocycles. The van der Waals surface area contributed by atoms with Gasteiger partial charge in [0.25, 0.3) is 0 Å². The average Bonchev–Trinajstić information content (AvgIpc) is 3.20. The van der Waals surface area contributed by atoms with Crippen molar-refractivity contribution in [1.82, 2.24) is 5.32 Å². The minimum absolute atomic E-state index is 0.530. The van der Waals surface area contributed by atoms with Crippen molar-refractivity contribution >= 4 is 12.9 Å². The molecule has 2 heteroatoms. The summed E-state index contributed by atoms with van der Waals surface area (Å²) in [4.78, 5) is 0. The monoisotopic (exact) mass is 375 g/mol. The second kappa shape index (κ2) is 10.2. The smallest absolute Gasteiger partial charge is 0.153 e. The fourth-order valence-corrected chi connectivity index (χ4v) is 5.06. The van der Waals surface area contributed by atoms with E-state index in [4.69, 9.17) is 0 Å². The lowest BCUT2D eigenvalue weighted by Gasteiger charge is -2.28.